The van der Waals surface area contributed by atoms with Crippen molar-refractivity contribution in [3.63, 3.8) is 0 Å². The summed E-state index contributed by atoms with van der Waals surface area (Å²) >= 11 is 0. The molecule has 0 aliphatic heterocycles. The van der Waals surface area contributed by atoms with Crippen LogP contribution < -0.4 is 11.1 Å². The van der Waals surface area contributed by atoms with Crippen LogP contribution in [0.1, 0.15) is 15.9 Å². The summed E-state index contributed by atoms with van der Waals surface area (Å²) in [7, 11) is 0. The van der Waals surface area contributed by atoms with Crippen molar-refractivity contribution in [3.05, 3.63) is 88.4 Å². The summed E-state index contributed by atoms with van der Waals surface area (Å²) < 4.78 is 4.96. The molecule has 0 unspecified atom stereocenters. The van der Waals surface area contributed by atoms with E-state index in [1.54, 1.807) is 42.5 Å². The van der Waals surface area contributed by atoms with Crippen molar-refractivity contribution in [1.29, 1.82) is 5.26 Å². The van der Waals surface area contributed by atoms with Gasteiger partial charge in [0, 0.05) is 16.8 Å². The number of benzene rings is 3. The second-order valence-electron chi connectivity index (χ2n) is 5.88. The Morgan fingerprint density at radius 1 is 1.00 bits per heavy atom. The zero-order chi connectivity index (χ0) is 18.8. The topological polar surface area (TPSA) is 98.9 Å². The van der Waals surface area contributed by atoms with Gasteiger partial charge >= 0.3 is 5.76 Å². The van der Waals surface area contributed by atoms with Crippen molar-refractivity contribution >= 4 is 22.7 Å². The molecule has 0 aliphatic carbocycles. The monoisotopic (exact) mass is 355 g/mol. The molecular weight excluding hydrogens is 342 g/mol. The number of aromatic amines is 1. The van der Waals surface area contributed by atoms with Gasteiger partial charge in [-0.15, -0.1) is 0 Å². The zero-order valence-corrected chi connectivity index (χ0v) is 14.0. The maximum Gasteiger partial charge on any atom is 0.417 e. The number of hydrogen-bond acceptors (Lipinski definition) is 4. The third kappa shape index (κ3) is 3.10. The predicted octanol–water partition coefficient (Wildman–Crippen LogP) is 3.91. The number of hydrogen-bond donors (Lipinski definition) is 2. The van der Waals surface area contributed by atoms with E-state index >= 15 is 0 Å². The minimum atomic E-state index is -0.549. The third-order valence-corrected chi connectivity index (χ3v) is 4.19. The molecule has 4 aromatic rings. The number of nitrogens with zero attached hydrogens (tertiary/aromatic N) is 1. The summed E-state index contributed by atoms with van der Waals surface area (Å²) in [5.41, 5.74) is 3.75. The standard InChI is InChI=1S/C21H13N3O3/c22-12-13-5-1-2-6-15(13)16-7-3-4-8-17(16)20(25)23-14-9-10-19-18(11-14)24-21(26)27-19/h1-11H,(H,23,25)(H,24,26). The van der Waals surface area contributed by atoms with Crippen molar-refractivity contribution in [1.82, 2.24) is 4.98 Å². The van der Waals surface area contributed by atoms with E-state index in [2.05, 4.69) is 16.4 Å². The SMILES string of the molecule is N#Cc1ccccc1-c1ccccc1C(=O)Nc1ccc2oc(=O)[nH]c2c1. The van der Waals surface area contributed by atoms with Crippen LogP contribution in [0.25, 0.3) is 22.2 Å². The number of carbonyl (C=O) groups excluding carboxylic acids is 1. The summed E-state index contributed by atoms with van der Waals surface area (Å²) in [5.74, 6) is -0.865. The number of H-pyrrole nitrogens is 1. The van der Waals surface area contributed by atoms with Gasteiger partial charge in [-0.1, -0.05) is 36.4 Å². The molecule has 0 atom stereocenters. The van der Waals surface area contributed by atoms with E-state index < -0.39 is 5.76 Å². The maximum absolute atomic E-state index is 12.9. The van der Waals surface area contributed by atoms with Crippen LogP contribution in [-0.2, 0) is 0 Å². The molecule has 0 fully saturated rings. The summed E-state index contributed by atoms with van der Waals surface area (Å²) in [6, 6.07) is 21.3. The molecule has 27 heavy (non-hydrogen) atoms. The largest absolute Gasteiger partial charge is 0.417 e. The number of anilines is 1. The Labute approximate surface area is 153 Å². The average Bonchev–Trinajstić information content (AvgIpc) is 3.07. The van der Waals surface area contributed by atoms with Crippen molar-refractivity contribution in [2.24, 2.45) is 0 Å². The van der Waals surface area contributed by atoms with Gasteiger partial charge in [0.15, 0.2) is 5.58 Å². The number of nitrogens with one attached hydrogen (secondary N) is 2. The number of fused-ring (bicyclic) bond motifs is 1. The first-order valence-corrected chi connectivity index (χ1v) is 8.18. The van der Waals surface area contributed by atoms with Gasteiger partial charge in [0.05, 0.1) is 17.1 Å². The summed E-state index contributed by atoms with van der Waals surface area (Å²) in [4.78, 5) is 26.7. The van der Waals surface area contributed by atoms with E-state index in [-0.39, 0.29) is 5.91 Å². The van der Waals surface area contributed by atoms with Crippen LogP contribution in [0.3, 0.4) is 0 Å². The minimum absolute atomic E-state index is 0.316. The molecular formula is C21H13N3O3. The van der Waals surface area contributed by atoms with Gasteiger partial charge in [0.25, 0.3) is 5.91 Å². The molecule has 2 N–H and O–H groups in total. The molecule has 0 saturated carbocycles. The first-order chi connectivity index (χ1) is 13.2. The first-order valence-electron chi connectivity index (χ1n) is 8.18. The molecule has 0 radical (unpaired) electrons. The molecule has 0 saturated heterocycles. The van der Waals surface area contributed by atoms with Crippen LogP contribution in [0.15, 0.2) is 75.9 Å². The van der Waals surface area contributed by atoms with Gasteiger partial charge in [-0.3, -0.25) is 9.78 Å². The number of rotatable bonds is 3. The van der Waals surface area contributed by atoms with Crippen molar-refractivity contribution in [3.8, 4) is 17.2 Å². The second-order valence-corrected chi connectivity index (χ2v) is 5.88. The number of nitriles is 1. The fraction of sp³-hybridized carbons (Fsp3) is 0. The van der Waals surface area contributed by atoms with Gasteiger partial charge in [-0.25, -0.2) is 4.79 Å². The Morgan fingerprint density at radius 2 is 1.74 bits per heavy atom. The molecule has 3 aromatic carbocycles. The highest BCUT2D eigenvalue weighted by Gasteiger charge is 2.15. The lowest BCUT2D eigenvalue weighted by Gasteiger charge is -2.11. The second kappa shape index (κ2) is 6.65. The number of aromatic nitrogens is 1. The van der Waals surface area contributed by atoms with Gasteiger partial charge in [0.1, 0.15) is 0 Å². The van der Waals surface area contributed by atoms with Crippen LogP contribution in [0.4, 0.5) is 5.69 Å². The molecule has 0 spiro atoms. The highest BCUT2D eigenvalue weighted by molar-refractivity contribution is 6.09. The average molecular weight is 355 g/mol. The highest BCUT2D eigenvalue weighted by Crippen LogP contribution is 2.27. The van der Waals surface area contributed by atoms with E-state index in [4.69, 9.17) is 4.42 Å². The van der Waals surface area contributed by atoms with Crippen LogP contribution >= 0.6 is 0 Å². The fourth-order valence-electron chi connectivity index (χ4n) is 2.96. The number of amides is 1. The molecule has 130 valence electrons. The van der Waals surface area contributed by atoms with E-state index in [0.29, 0.717) is 39.0 Å². The van der Waals surface area contributed by atoms with Crippen LogP contribution in [0.5, 0.6) is 0 Å². The summed E-state index contributed by atoms with van der Waals surface area (Å²) in [5, 5.41) is 12.2. The lowest BCUT2D eigenvalue weighted by molar-refractivity contribution is 0.102. The van der Waals surface area contributed by atoms with Crippen molar-refractivity contribution in [2.75, 3.05) is 5.32 Å². The van der Waals surface area contributed by atoms with E-state index in [1.807, 2.05) is 24.3 Å². The molecule has 1 aromatic heterocycles. The van der Waals surface area contributed by atoms with Gasteiger partial charge < -0.3 is 9.73 Å². The molecule has 1 heterocycles. The van der Waals surface area contributed by atoms with Crippen molar-refractivity contribution in [2.45, 2.75) is 0 Å². The quantitative estimate of drug-likeness (QED) is 0.582. The maximum atomic E-state index is 12.9. The minimum Gasteiger partial charge on any atom is -0.408 e. The molecule has 6 nitrogen and oxygen atoms in total. The molecule has 0 bridgehead atoms. The van der Waals surface area contributed by atoms with Crippen LogP contribution in [-0.4, -0.2) is 10.9 Å². The molecule has 0 aliphatic rings. The van der Waals surface area contributed by atoms with Crippen LogP contribution in [0, 0.1) is 11.3 Å². The van der Waals surface area contributed by atoms with Crippen LogP contribution in [0.2, 0.25) is 0 Å². The van der Waals surface area contributed by atoms with E-state index in [0.717, 1.165) is 0 Å². The Morgan fingerprint density at radius 3 is 2.56 bits per heavy atom. The Balaban J connectivity index is 1.72. The van der Waals surface area contributed by atoms with Gasteiger partial charge in [0.2, 0.25) is 0 Å². The first kappa shape index (κ1) is 16.4. The Kier molecular flexibility index (Phi) is 4.03. The summed E-state index contributed by atoms with van der Waals surface area (Å²) in [6.45, 7) is 0. The Bertz CT molecular complexity index is 1260. The lowest BCUT2D eigenvalue weighted by atomic mass is 9.95. The highest BCUT2D eigenvalue weighted by atomic mass is 16.4. The smallest absolute Gasteiger partial charge is 0.408 e. The fourth-order valence-corrected chi connectivity index (χ4v) is 2.96. The van der Waals surface area contributed by atoms with Gasteiger partial charge in [-0.2, -0.15) is 5.26 Å². The molecule has 4 rings (SSSR count). The normalized spacial score (nSPS) is 10.5. The summed E-state index contributed by atoms with van der Waals surface area (Å²) in [6.07, 6.45) is 0. The lowest BCUT2D eigenvalue weighted by Crippen LogP contribution is -2.13. The number of oxazole rings is 1. The Hall–Kier alpha value is -4.11. The predicted molar refractivity (Wildman–Crippen MR) is 101 cm³/mol. The third-order valence-electron chi connectivity index (χ3n) is 4.19. The molecule has 1 amide bonds. The molecule has 6 heteroatoms. The van der Waals surface area contributed by atoms with E-state index in [1.165, 1.54) is 0 Å². The van der Waals surface area contributed by atoms with Gasteiger partial charge in [-0.05, 0) is 35.9 Å². The van der Waals surface area contributed by atoms with E-state index in [9.17, 15) is 14.9 Å². The number of carbonyl (C=O) groups is 1. The van der Waals surface area contributed by atoms with Crippen molar-refractivity contribution < 1.29 is 9.21 Å². The zero-order valence-electron chi connectivity index (χ0n) is 14.0.